The van der Waals surface area contributed by atoms with E-state index in [1.54, 1.807) is 18.2 Å². The number of benzene rings is 3. The molecule has 8 nitrogen and oxygen atoms in total. The van der Waals surface area contributed by atoms with Gasteiger partial charge in [0.05, 0.1) is 26.8 Å². The molecule has 1 aromatic heterocycles. The van der Waals surface area contributed by atoms with E-state index < -0.39 is 0 Å². The standard InChI is InChI=1S/C24H25N3O5/c1-30-20-11-13-10-19(26-21(13)23(32-3)22(20)31-2)24(29)27-18-12-17(25)15-7-5-4-6-14(15)16(18)8-9-28/h4-7,10-12,26,28H,8-9,25H2,1-3H3,(H,27,29). The highest BCUT2D eigenvalue weighted by Gasteiger charge is 2.21. The van der Waals surface area contributed by atoms with Gasteiger partial charge in [0.1, 0.15) is 5.69 Å². The number of carbonyl (C=O) groups is 1. The number of hydrogen-bond donors (Lipinski definition) is 4. The van der Waals surface area contributed by atoms with Gasteiger partial charge in [-0.2, -0.15) is 0 Å². The summed E-state index contributed by atoms with van der Waals surface area (Å²) in [6, 6.07) is 12.9. The van der Waals surface area contributed by atoms with E-state index in [0.717, 1.165) is 21.7 Å². The van der Waals surface area contributed by atoms with Crippen LogP contribution >= 0.6 is 0 Å². The minimum Gasteiger partial charge on any atom is -0.493 e. The van der Waals surface area contributed by atoms with E-state index in [2.05, 4.69) is 10.3 Å². The van der Waals surface area contributed by atoms with Gasteiger partial charge in [-0.05, 0) is 35.6 Å². The van der Waals surface area contributed by atoms with Gasteiger partial charge < -0.3 is 35.4 Å². The fourth-order valence-corrected chi connectivity index (χ4v) is 4.01. The van der Waals surface area contributed by atoms with E-state index in [1.807, 2.05) is 24.3 Å². The molecular weight excluding hydrogens is 410 g/mol. The van der Waals surface area contributed by atoms with Crippen LogP contribution in [0.25, 0.3) is 21.7 Å². The van der Waals surface area contributed by atoms with Crippen molar-refractivity contribution in [1.82, 2.24) is 4.98 Å². The Balaban J connectivity index is 1.78. The number of aromatic nitrogens is 1. The molecule has 1 amide bonds. The van der Waals surface area contributed by atoms with Crippen LogP contribution in [-0.4, -0.2) is 43.9 Å². The summed E-state index contributed by atoms with van der Waals surface area (Å²) in [5.74, 6) is 1.02. The Kier molecular flexibility index (Phi) is 5.79. The number of rotatable bonds is 7. The Bertz CT molecular complexity index is 1310. The van der Waals surface area contributed by atoms with Gasteiger partial charge in [-0.3, -0.25) is 4.79 Å². The van der Waals surface area contributed by atoms with Crippen LogP contribution in [-0.2, 0) is 6.42 Å². The number of aliphatic hydroxyl groups excluding tert-OH is 1. The van der Waals surface area contributed by atoms with Crippen molar-refractivity contribution in [2.45, 2.75) is 6.42 Å². The lowest BCUT2D eigenvalue weighted by molar-refractivity contribution is 0.102. The maximum Gasteiger partial charge on any atom is 0.272 e. The normalized spacial score (nSPS) is 11.0. The van der Waals surface area contributed by atoms with Crippen LogP contribution in [0, 0.1) is 0 Å². The molecule has 0 aliphatic heterocycles. The van der Waals surface area contributed by atoms with Crippen molar-refractivity contribution >= 4 is 39.0 Å². The molecule has 1 heterocycles. The molecule has 0 aliphatic rings. The number of carbonyl (C=O) groups excluding carboxylic acids is 1. The number of ether oxygens (including phenoxy) is 3. The summed E-state index contributed by atoms with van der Waals surface area (Å²) in [4.78, 5) is 16.3. The SMILES string of the molecule is COc1cc2cc(C(=O)Nc3cc(N)c4ccccc4c3CCO)[nH]c2c(OC)c1OC. The third-order valence-corrected chi connectivity index (χ3v) is 5.46. The Morgan fingerprint density at radius 2 is 1.75 bits per heavy atom. The molecule has 0 fully saturated rings. The smallest absolute Gasteiger partial charge is 0.272 e. The number of fused-ring (bicyclic) bond motifs is 2. The Morgan fingerprint density at radius 1 is 1.03 bits per heavy atom. The molecule has 0 spiro atoms. The molecule has 4 aromatic rings. The summed E-state index contributed by atoms with van der Waals surface area (Å²) in [7, 11) is 4.59. The molecule has 5 N–H and O–H groups in total. The van der Waals surface area contributed by atoms with Crippen molar-refractivity contribution in [3.63, 3.8) is 0 Å². The molecule has 0 radical (unpaired) electrons. The van der Waals surface area contributed by atoms with Crippen molar-refractivity contribution < 1.29 is 24.1 Å². The highest BCUT2D eigenvalue weighted by Crippen LogP contribution is 2.43. The number of aliphatic hydroxyl groups is 1. The zero-order chi connectivity index (χ0) is 22.8. The molecule has 0 saturated carbocycles. The number of nitrogens with two attached hydrogens (primary N) is 1. The fraction of sp³-hybridized carbons (Fsp3) is 0.208. The molecule has 3 aromatic carbocycles. The number of nitrogen functional groups attached to an aromatic ring is 1. The minimum absolute atomic E-state index is 0.0556. The first kappa shape index (κ1) is 21.3. The van der Waals surface area contributed by atoms with E-state index in [1.165, 1.54) is 21.3 Å². The highest BCUT2D eigenvalue weighted by molar-refractivity contribution is 6.09. The van der Waals surface area contributed by atoms with Crippen LogP contribution in [0.1, 0.15) is 16.1 Å². The number of H-pyrrole nitrogens is 1. The largest absolute Gasteiger partial charge is 0.493 e. The van der Waals surface area contributed by atoms with Crippen molar-refractivity contribution in [2.24, 2.45) is 0 Å². The number of hydrogen-bond acceptors (Lipinski definition) is 6. The quantitative estimate of drug-likeness (QED) is 0.329. The van der Waals surface area contributed by atoms with Gasteiger partial charge in [0.15, 0.2) is 11.5 Å². The lowest BCUT2D eigenvalue weighted by atomic mass is 9.98. The van der Waals surface area contributed by atoms with Crippen molar-refractivity contribution in [2.75, 3.05) is 39.0 Å². The number of nitrogens with one attached hydrogen (secondary N) is 2. The van der Waals surface area contributed by atoms with Crippen LogP contribution < -0.4 is 25.3 Å². The second-order valence-electron chi connectivity index (χ2n) is 7.26. The van der Waals surface area contributed by atoms with Gasteiger partial charge in [-0.15, -0.1) is 0 Å². The monoisotopic (exact) mass is 435 g/mol. The second-order valence-corrected chi connectivity index (χ2v) is 7.26. The summed E-state index contributed by atoms with van der Waals surface area (Å²) in [6.07, 6.45) is 0.380. The maximum absolute atomic E-state index is 13.1. The molecule has 8 heteroatoms. The topological polar surface area (TPSA) is 119 Å². The summed E-state index contributed by atoms with van der Waals surface area (Å²) >= 11 is 0. The molecular formula is C24H25N3O5. The summed E-state index contributed by atoms with van der Waals surface area (Å²) in [5, 5.41) is 15.0. The number of methoxy groups -OCH3 is 3. The summed E-state index contributed by atoms with van der Waals surface area (Å²) in [5.41, 5.74) is 9.10. The number of amides is 1. The van der Waals surface area contributed by atoms with Gasteiger partial charge >= 0.3 is 0 Å². The van der Waals surface area contributed by atoms with Crippen molar-refractivity contribution in [1.29, 1.82) is 0 Å². The first-order chi connectivity index (χ1) is 15.5. The first-order valence-electron chi connectivity index (χ1n) is 10.1. The second kappa shape index (κ2) is 8.68. The average Bonchev–Trinajstić information content (AvgIpc) is 3.24. The average molecular weight is 435 g/mol. The van der Waals surface area contributed by atoms with E-state index >= 15 is 0 Å². The summed E-state index contributed by atoms with van der Waals surface area (Å²) in [6.45, 7) is -0.0556. The van der Waals surface area contributed by atoms with E-state index in [0.29, 0.717) is 46.3 Å². The molecule has 0 unspecified atom stereocenters. The number of anilines is 2. The molecule has 4 rings (SSSR count). The van der Waals surface area contributed by atoms with Gasteiger partial charge in [0.2, 0.25) is 5.75 Å². The molecule has 32 heavy (non-hydrogen) atoms. The van der Waals surface area contributed by atoms with Crippen LogP contribution in [0.15, 0.2) is 42.5 Å². The van der Waals surface area contributed by atoms with Crippen LogP contribution in [0.3, 0.4) is 0 Å². The van der Waals surface area contributed by atoms with Gasteiger partial charge in [0, 0.05) is 28.8 Å². The van der Waals surface area contributed by atoms with E-state index in [4.69, 9.17) is 19.9 Å². The third-order valence-electron chi connectivity index (χ3n) is 5.46. The lowest BCUT2D eigenvalue weighted by Gasteiger charge is -2.15. The molecule has 0 saturated heterocycles. The fourth-order valence-electron chi connectivity index (χ4n) is 4.01. The third kappa shape index (κ3) is 3.54. The molecule has 0 aliphatic carbocycles. The Morgan fingerprint density at radius 3 is 2.41 bits per heavy atom. The van der Waals surface area contributed by atoms with Crippen LogP contribution in [0.2, 0.25) is 0 Å². The molecule has 0 atom stereocenters. The Labute approximate surface area is 184 Å². The summed E-state index contributed by atoms with van der Waals surface area (Å²) < 4.78 is 16.3. The zero-order valence-corrected chi connectivity index (χ0v) is 18.1. The van der Waals surface area contributed by atoms with Crippen molar-refractivity contribution in [3.8, 4) is 17.2 Å². The zero-order valence-electron chi connectivity index (χ0n) is 18.1. The van der Waals surface area contributed by atoms with Gasteiger partial charge in [0.25, 0.3) is 5.91 Å². The van der Waals surface area contributed by atoms with Crippen LogP contribution in [0.5, 0.6) is 17.2 Å². The first-order valence-corrected chi connectivity index (χ1v) is 10.1. The number of aromatic amines is 1. The predicted octanol–water partition coefficient (Wildman–Crippen LogP) is 3.72. The van der Waals surface area contributed by atoms with Crippen LogP contribution in [0.4, 0.5) is 11.4 Å². The van der Waals surface area contributed by atoms with Crippen molar-refractivity contribution in [3.05, 3.63) is 53.7 Å². The minimum atomic E-state index is -0.352. The lowest BCUT2D eigenvalue weighted by Crippen LogP contribution is -2.14. The van der Waals surface area contributed by atoms with Gasteiger partial charge in [-0.1, -0.05) is 24.3 Å². The Hall–Kier alpha value is -3.91. The predicted molar refractivity (Wildman–Crippen MR) is 125 cm³/mol. The van der Waals surface area contributed by atoms with E-state index in [-0.39, 0.29) is 12.5 Å². The highest BCUT2D eigenvalue weighted by atomic mass is 16.5. The molecule has 0 bridgehead atoms. The maximum atomic E-state index is 13.1. The molecule has 166 valence electrons. The van der Waals surface area contributed by atoms with Gasteiger partial charge in [-0.25, -0.2) is 0 Å². The van der Waals surface area contributed by atoms with E-state index in [9.17, 15) is 9.90 Å².